The predicted octanol–water partition coefficient (Wildman–Crippen LogP) is 4.41. The summed E-state index contributed by atoms with van der Waals surface area (Å²) < 4.78 is 24.8. The van der Waals surface area contributed by atoms with Crippen LogP contribution in [0.5, 0.6) is 17.2 Å². The maximum Gasteiger partial charge on any atom is 0.141 e. The number of hydrogen-bond acceptors (Lipinski definition) is 3. The van der Waals surface area contributed by atoms with Crippen LogP contribution in [0.4, 0.5) is 4.39 Å². The molecule has 0 radical (unpaired) electrons. The van der Waals surface area contributed by atoms with Crippen LogP contribution < -0.4 is 15.2 Å². The SMILES string of the molecule is COc1cccc(Oc2ccc(F)cc2Br)c1[C@@H](C)N. The third-order valence-corrected chi connectivity index (χ3v) is 3.43. The Hall–Kier alpha value is -1.59. The zero-order chi connectivity index (χ0) is 14.7. The summed E-state index contributed by atoms with van der Waals surface area (Å²) in [7, 11) is 1.58. The molecule has 106 valence electrons. The van der Waals surface area contributed by atoms with E-state index in [4.69, 9.17) is 15.2 Å². The molecule has 0 bridgehead atoms. The van der Waals surface area contributed by atoms with E-state index in [0.717, 1.165) is 5.56 Å². The second kappa shape index (κ2) is 6.24. The minimum Gasteiger partial charge on any atom is -0.496 e. The molecule has 0 saturated heterocycles. The van der Waals surface area contributed by atoms with Gasteiger partial charge < -0.3 is 15.2 Å². The average Bonchev–Trinajstić information content (AvgIpc) is 2.41. The van der Waals surface area contributed by atoms with E-state index in [9.17, 15) is 4.39 Å². The van der Waals surface area contributed by atoms with Gasteiger partial charge in [-0.3, -0.25) is 0 Å². The number of benzene rings is 2. The van der Waals surface area contributed by atoms with Gasteiger partial charge in [-0.25, -0.2) is 4.39 Å². The highest BCUT2D eigenvalue weighted by atomic mass is 79.9. The van der Waals surface area contributed by atoms with Crippen molar-refractivity contribution in [2.45, 2.75) is 13.0 Å². The van der Waals surface area contributed by atoms with E-state index < -0.39 is 0 Å². The van der Waals surface area contributed by atoms with E-state index in [2.05, 4.69) is 15.9 Å². The summed E-state index contributed by atoms with van der Waals surface area (Å²) in [6, 6.07) is 9.44. The van der Waals surface area contributed by atoms with Crippen molar-refractivity contribution >= 4 is 15.9 Å². The maximum absolute atomic E-state index is 13.1. The minimum atomic E-state index is -0.331. The van der Waals surface area contributed by atoms with Crippen molar-refractivity contribution in [3.05, 3.63) is 52.3 Å². The second-order valence-corrected chi connectivity index (χ2v) is 5.19. The molecule has 0 unspecified atom stereocenters. The number of halogens is 2. The molecule has 2 rings (SSSR count). The molecule has 2 aromatic carbocycles. The molecule has 0 aromatic heterocycles. The Bertz CT molecular complexity index is 617. The number of methoxy groups -OCH3 is 1. The van der Waals surface area contributed by atoms with Gasteiger partial charge in [0.2, 0.25) is 0 Å². The molecule has 0 spiro atoms. The zero-order valence-corrected chi connectivity index (χ0v) is 12.8. The predicted molar refractivity (Wildman–Crippen MR) is 79.8 cm³/mol. The van der Waals surface area contributed by atoms with E-state index in [-0.39, 0.29) is 11.9 Å². The lowest BCUT2D eigenvalue weighted by Gasteiger charge is -2.17. The van der Waals surface area contributed by atoms with Gasteiger partial charge in [0.05, 0.1) is 17.1 Å². The van der Waals surface area contributed by atoms with Crippen LogP contribution >= 0.6 is 15.9 Å². The van der Waals surface area contributed by atoms with E-state index in [0.29, 0.717) is 21.7 Å². The summed E-state index contributed by atoms with van der Waals surface area (Å²) in [6.45, 7) is 1.85. The molecule has 0 fully saturated rings. The molecule has 2 aromatic rings. The molecule has 5 heteroatoms. The van der Waals surface area contributed by atoms with Gasteiger partial charge in [0.25, 0.3) is 0 Å². The van der Waals surface area contributed by atoms with Crippen LogP contribution in [0.1, 0.15) is 18.5 Å². The normalized spacial score (nSPS) is 12.1. The van der Waals surface area contributed by atoms with Crippen molar-refractivity contribution in [2.24, 2.45) is 5.73 Å². The Labute approximate surface area is 125 Å². The number of rotatable bonds is 4. The average molecular weight is 340 g/mol. The van der Waals surface area contributed by atoms with Crippen molar-refractivity contribution in [3.63, 3.8) is 0 Å². The molecule has 3 nitrogen and oxygen atoms in total. The maximum atomic E-state index is 13.1. The van der Waals surface area contributed by atoms with Crippen LogP contribution in [0.2, 0.25) is 0 Å². The molecule has 0 aliphatic carbocycles. The first-order valence-corrected chi connectivity index (χ1v) is 6.87. The summed E-state index contributed by atoms with van der Waals surface area (Å²) in [6.07, 6.45) is 0. The Morgan fingerprint density at radius 3 is 2.45 bits per heavy atom. The van der Waals surface area contributed by atoms with Crippen LogP contribution in [0.15, 0.2) is 40.9 Å². The van der Waals surface area contributed by atoms with Gasteiger partial charge in [-0.1, -0.05) is 6.07 Å². The fraction of sp³-hybridized carbons (Fsp3) is 0.200. The molecule has 0 amide bonds. The van der Waals surface area contributed by atoms with Crippen LogP contribution in [-0.2, 0) is 0 Å². The van der Waals surface area contributed by atoms with Gasteiger partial charge in [-0.05, 0) is 53.2 Å². The molecule has 0 aliphatic rings. The zero-order valence-electron chi connectivity index (χ0n) is 11.2. The summed E-state index contributed by atoms with van der Waals surface area (Å²) >= 11 is 3.27. The van der Waals surface area contributed by atoms with E-state index in [1.54, 1.807) is 19.2 Å². The van der Waals surface area contributed by atoms with Crippen molar-refractivity contribution < 1.29 is 13.9 Å². The molecular formula is C15H15BrFNO2. The molecular weight excluding hydrogens is 325 g/mol. The lowest BCUT2D eigenvalue weighted by atomic mass is 10.1. The van der Waals surface area contributed by atoms with Crippen molar-refractivity contribution in [3.8, 4) is 17.2 Å². The minimum absolute atomic E-state index is 0.250. The number of nitrogens with two attached hydrogens (primary N) is 1. The fourth-order valence-electron chi connectivity index (χ4n) is 1.92. The molecule has 20 heavy (non-hydrogen) atoms. The van der Waals surface area contributed by atoms with Crippen molar-refractivity contribution in [1.82, 2.24) is 0 Å². The first-order chi connectivity index (χ1) is 9.52. The fourth-order valence-corrected chi connectivity index (χ4v) is 2.35. The Morgan fingerprint density at radius 1 is 1.15 bits per heavy atom. The molecule has 1 atom stereocenters. The first-order valence-electron chi connectivity index (χ1n) is 6.08. The third-order valence-electron chi connectivity index (χ3n) is 2.82. The van der Waals surface area contributed by atoms with E-state index >= 15 is 0 Å². The highest BCUT2D eigenvalue weighted by Gasteiger charge is 2.15. The second-order valence-electron chi connectivity index (χ2n) is 4.34. The number of hydrogen-bond donors (Lipinski definition) is 1. The van der Waals surface area contributed by atoms with Gasteiger partial charge >= 0.3 is 0 Å². The first kappa shape index (κ1) is 14.8. The lowest BCUT2D eigenvalue weighted by Crippen LogP contribution is -2.08. The highest BCUT2D eigenvalue weighted by molar-refractivity contribution is 9.10. The van der Waals surface area contributed by atoms with E-state index in [1.807, 2.05) is 19.1 Å². The van der Waals surface area contributed by atoms with Crippen LogP contribution in [0.3, 0.4) is 0 Å². The molecule has 0 heterocycles. The standard InChI is InChI=1S/C15H15BrFNO2/c1-9(18)15-13(19-2)4-3-5-14(15)20-12-7-6-10(17)8-11(12)16/h3-9H,18H2,1-2H3/t9-/m1/s1. The Balaban J connectivity index is 2.43. The third kappa shape index (κ3) is 3.11. The summed E-state index contributed by atoms with van der Waals surface area (Å²) in [5, 5.41) is 0. The number of ether oxygens (including phenoxy) is 2. The summed E-state index contributed by atoms with van der Waals surface area (Å²) in [5.41, 5.74) is 6.74. The smallest absolute Gasteiger partial charge is 0.141 e. The van der Waals surface area contributed by atoms with Crippen molar-refractivity contribution in [2.75, 3.05) is 7.11 Å². The Kier molecular flexibility index (Phi) is 4.62. The topological polar surface area (TPSA) is 44.5 Å². The summed E-state index contributed by atoms with van der Waals surface area (Å²) in [5.74, 6) is 1.44. The molecule has 2 N–H and O–H groups in total. The van der Waals surface area contributed by atoms with Gasteiger partial charge in [0.1, 0.15) is 23.1 Å². The largest absolute Gasteiger partial charge is 0.496 e. The molecule has 0 aliphatic heterocycles. The van der Waals surface area contributed by atoms with Crippen LogP contribution in [0.25, 0.3) is 0 Å². The van der Waals surface area contributed by atoms with Gasteiger partial charge in [0, 0.05) is 6.04 Å². The highest BCUT2D eigenvalue weighted by Crippen LogP contribution is 2.37. The van der Waals surface area contributed by atoms with Gasteiger partial charge in [0.15, 0.2) is 0 Å². The van der Waals surface area contributed by atoms with Crippen LogP contribution in [0, 0.1) is 5.82 Å². The van der Waals surface area contributed by atoms with Gasteiger partial charge in [-0.2, -0.15) is 0 Å². The Morgan fingerprint density at radius 2 is 1.85 bits per heavy atom. The van der Waals surface area contributed by atoms with Gasteiger partial charge in [-0.15, -0.1) is 0 Å². The molecule has 0 saturated carbocycles. The monoisotopic (exact) mass is 339 g/mol. The van der Waals surface area contributed by atoms with Crippen LogP contribution in [-0.4, -0.2) is 7.11 Å². The lowest BCUT2D eigenvalue weighted by molar-refractivity contribution is 0.397. The summed E-state index contributed by atoms with van der Waals surface area (Å²) in [4.78, 5) is 0. The van der Waals surface area contributed by atoms with E-state index in [1.165, 1.54) is 12.1 Å². The van der Waals surface area contributed by atoms with Crippen molar-refractivity contribution in [1.29, 1.82) is 0 Å². The quantitative estimate of drug-likeness (QED) is 0.897.